The molecule has 2 radical (unpaired) electrons. The van der Waals surface area contributed by atoms with E-state index < -0.39 is 0 Å². The highest BCUT2D eigenvalue weighted by molar-refractivity contribution is 6.33. The van der Waals surface area contributed by atoms with Crippen molar-refractivity contribution in [3.05, 3.63) is 89.1 Å². The third kappa shape index (κ3) is 9.84. The molecule has 0 bridgehead atoms. The van der Waals surface area contributed by atoms with E-state index >= 15 is 0 Å². The number of nitrogens with one attached hydrogen (secondary N) is 1. The molecule has 1 aromatic heterocycles. The minimum Gasteiger partial charge on any atom is -0.508 e. The van der Waals surface area contributed by atoms with Crippen LogP contribution in [-0.2, 0) is 11.2 Å². The van der Waals surface area contributed by atoms with Crippen LogP contribution in [0.1, 0.15) is 74.8 Å². The second-order valence-corrected chi connectivity index (χ2v) is 9.20. The molecule has 1 atom stereocenters. The minimum atomic E-state index is 0.246. The van der Waals surface area contributed by atoms with E-state index in [1.54, 1.807) is 19.2 Å². The van der Waals surface area contributed by atoms with Crippen molar-refractivity contribution in [3.8, 4) is 11.5 Å². The van der Waals surface area contributed by atoms with E-state index in [1.165, 1.54) is 54.0 Å². The Morgan fingerprint density at radius 2 is 1.62 bits per heavy atom. The number of hydrogen-bond acceptors (Lipinski definition) is 3. The highest BCUT2D eigenvalue weighted by Gasteiger charge is 2.17. The Kier molecular flexibility index (Phi) is 12.6. The highest BCUT2D eigenvalue weighted by atomic mass is 16.5. The van der Waals surface area contributed by atoms with Gasteiger partial charge in [-0.2, -0.15) is 0 Å². The van der Waals surface area contributed by atoms with Crippen LogP contribution in [0, 0.1) is 6.92 Å². The van der Waals surface area contributed by atoms with E-state index in [1.807, 2.05) is 42.5 Å². The van der Waals surface area contributed by atoms with Gasteiger partial charge in [0.05, 0.1) is 7.11 Å². The van der Waals surface area contributed by atoms with E-state index in [2.05, 4.69) is 37.9 Å². The Labute approximate surface area is 223 Å². The Balaban J connectivity index is 0.000000262. The van der Waals surface area contributed by atoms with Crippen molar-refractivity contribution in [2.45, 2.75) is 65.7 Å². The first kappa shape index (κ1) is 29.8. The van der Waals surface area contributed by atoms with E-state index in [-0.39, 0.29) is 5.92 Å². The third-order valence-corrected chi connectivity index (χ3v) is 5.90. The summed E-state index contributed by atoms with van der Waals surface area (Å²) in [7, 11) is 7.63. The first-order valence-corrected chi connectivity index (χ1v) is 13.0. The van der Waals surface area contributed by atoms with Crippen LogP contribution < -0.4 is 10.2 Å². The molecule has 0 aliphatic heterocycles. The van der Waals surface area contributed by atoms with Crippen LogP contribution in [0.3, 0.4) is 0 Å². The lowest BCUT2D eigenvalue weighted by molar-refractivity contribution is -0.106. The van der Waals surface area contributed by atoms with Gasteiger partial charge in [-0.15, -0.1) is 0 Å². The van der Waals surface area contributed by atoms with Crippen molar-refractivity contribution in [3.63, 3.8) is 0 Å². The average Bonchev–Trinajstić information content (AvgIpc) is 3.74. The first-order chi connectivity index (χ1) is 17.8. The normalized spacial score (nSPS) is 12.0. The summed E-state index contributed by atoms with van der Waals surface area (Å²) >= 11 is 0. The summed E-state index contributed by atoms with van der Waals surface area (Å²) in [6.07, 6.45) is 7.37. The van der Waals surface area contributed by atoms with E-state index in [0.717, 1.165) is 35.9 Å². The lowest BCUT2D eigenvalue weighted by Gasteiger charge is -2.13. The number of fused-ring (bicyclic) bond motifs is 1. The number of carbonyl (C=O) groups is 1. The number of carbonyl (C=O) groups excluding carboxylic acids is 1. The van der Waals surface area contributed by atoms with Gasteiger partial charge in [0.2, 0.25) is 0 Å². The minimum absolute atomic E-state index is 0.246. The maximum absolute atomic E-state index is 9.47. The van der Waals surface area contributed by atoms with Crippen LogP contribution in [0.25, 0.3) is 10.9 Å². The third-order valence-electron chi connectivity index (χ3n) is 5.90. The Morgan fingerprint density at radius 1 is 1.03 bits per heavy atom. The zero-order chi connectivity index (χ0) is 27.2. The lowest BCUT2D eigenvalue weighted by Crippen LogP contribution is -2.01. The number of methoxy groups -OCH3 is 1. The van der Waals surface area contributed by atoms with E-state index in [0.29, 0.717) is 5.75 Å². The van der Waals surface area contributed by atoms with Crippen molar-refractivity contribution in [2.75, 3.05) is 7.11 Å². The molecule has 2 N–H and O–H groups in total. The molecule has 1 aliphatic carbocycles. The monoisotopic (exact) mass is 497 g/mol. The summed E-state index contributed by atoms with van der Waals surface area (Å²) in [5.41, 5.74) is 6.98. The maximum Gasteiger partial charge on any atom is 0.118 e. The Bertz CT molecular complexity index is 1210. The summed E-state index contributed by atoms with van der Waals surface area (Å²) in [5, 5.41) is 10.7. The number of benzene rings is 3. The van der Waals surface area contributed by atoms with Crippen LogP contribution in [0.15, 0.2) is 66.7 Å². The smallest absolute Gasteiger partial charge is 0.118 e. The van der Waals surface area contributed by atoms with Gasteiger partial charge in [0.15, 0.2) is 0 Å². The first-order valence-electron chi connectivity index (χ1n) is 13.0. The molecule has 1 fully saturated rings. The van der Waals surface area contributed by atoms with Crippen LogP contribution in [0.5, 0.6) is 11.5 Å². The van der Waals surface area contributed by atoms with Crippen LogP contribution >= 0.6 is 0 Å². The molecular weight excluding hydrogens is 457 g/mol. The number of rotatable bonds is 5. The number of aryl methyl sites for hydroxylation is 2. The standard InChI is InChI=1S/C19H20BNO.C8H10O.C3H6.C2H4O/c1-3-4-16-17-11-14(20)7-10-18(17)21-19(16)12(2)13-5-8-15(22)9-6-13;1-7-3-5-8(9-2)6-4-7;1-2-3-1;1-2-3/h5-12,21-22H,3-4H2,1-2H3;3-6H,1-2H3;1-3H2;2H,1H3. The molecule has 5 heteroatoms. The molecule has 3 aromatic carbocycles. The van der Waals surface area contributed by atoms with Crippen LogP contribution in [-0.4, -0.2) is 31.3 Å². The summed E-state index contributed by atoms with van der Waals surface area (Å²) in [5.74, 6) is 1.46. The van der Waals surface area contributed by atoms with Crippen molar-refractivity contribution in [2.24, 2.45) is 0 Å². The molecule has 1 saturated carbocycles. The van der Waals surface area contributed by atoms with Gasteiger partial charge in [-0.05, 0) is 61.7 Å². The molecule has 37 heavy (non-hydrogen) atoms. The molecule has 0 spiro atoms. The van der Waals surface area contributed by atoms with Gasteiger partial charge in [-0.1, -0.05) is 87.0 Å². The Hall–Kier alpha value is -3.47. The fourth-order valence-electron chi connectivity index (χ4n) is 3.78. The van der Waals surface area contributed by atoms with Crippen molar-refractivity contribution >= 4 is 30.5 Å². The maximum atomic E-state index is 9.47. The quantitative estimate of drug-likeness (QED) is 0.227. The number of hydrogen-bond donors (Lipinski definition) is 2. The summed E-state index contributed by atoms with van der Waals surface area (Å²) in [6.45, 7) is 7.89. The van der Waals surface area contributed by atoms with E-state index in [9.17, 15) is 5.11 Å². The molecule has 1 aliphatic rings. The second-order valence-electron chi connectivity index (χ2n) is 9.20. The Morgan fingerprint density at radius 3 is 2.14 bits per heavy atom. The number of aromatic nitrogens is 1. The van der Waals surface area contributed by atoms with Gasteiger partial charge in [-0.3, -0.25) is 0 Å². The number of aldehydes is 1. The molecule has 4 aromatic rings. The largest absolute Gasteiger partial charge is 0.508 e. The van der Waals surface area contributed by atoms with Crippen molar-refractivity contribution in [1.29, 1.82) is 0 Å². The zero-order valence-corrected chi connectivity index (χ0v) is 22.9. The second kappa shape index (κ2) is 15.6. The number of H-pyrrole nitrogens is 1. The number of phenols is 1. The van der Waals surface area contributed by atoms with Gasteiger partial charge in [0.25, 0.3) is 0 Å². The molecule has 1 unspecified atom stereocenters. The highest BCUT2D eigenvalue weighted by Crippen LogP contribution is 2.32. The fourth-order valence-corrected chi connectivity index (χ4v) is 3.78. The zero-order valence-electron chi connectivity index (χ0n) is 22.9. The summed E-state index contributed by atoms with van der Waals surface area (Å²) in [4.78, 5) is 12.4. The SMILES string of the molecule is C1CC1.CC=O.COc1ccc(C)cc1.[B]c1ccc2[nH]c(C(C)c3ccc(O)cc3)c(CCC)c2c1. The number of aromatic amines is 1. The molecule has 1 heterocycles. The molecular formula is C32H40BNO3. The van der Waals surface area contributed by atoms with Crippen molar-refractivity contribution in [1.82, 2.24) is 4.98 Å². The van der Waals surface area contributed by atoms with Crippen LogP contribution in [0.2, 0.25) is 0 Å². The fraction of sp³-hybridized carbons (Fsp3) is 0.344. The van der Waals surface area contributed by atoms with Gasteiger partial charge in [0.1, 0.15) is 25.6 Å². The summed E-state index contributed by atoms with van der Waals surface area (Å²) in [6, 6.07) is 21.5. The predicted molar refractivity (Wildman–Crippen MR) is 157 cm³/mol. The topological polar surface area (TPSA) is 62.3 Å². The lowest BCUT2D eigenvalue weighted by atomic mass is 9.90. The van der Waals surface area contributed by atoms with Crippen molar-refractivity contribution < 1.29 is 14.6 Å². The molecule has 5 rings (SSSR count). The van der Waals surface area contributed by atoms with Crippen LogP contribution in [0.4, 0.5) is 0 Å². The molecule has 0 amide bonds. The molecule has 0 saturated heterocycles. The number of ether oxygens (including phenoxy) is 1. The summed E-state index contributed by atoms with van der Waals surface area (Å²) < 4.78 is 4.97. The number of aromatic hydroxyl groups is 1. The van der Waals surface area contributed by atoms with Gasteiger partial charge < -0.3 is 19.6 Å². The van der Waals surface area contributed by atoms with E-state index in [4.69, 9.17) is 17.4 Å². The predicted octanol–water partition coefficient (Wildman–Crippen LogP) is 7.15. The number of phenolic OH excluding ortho intramolecular Hbond substituents is 1. The molecule has 194 valence electrons. The molecule has 4 nitrogen and oxygen atoms in total. The van der Waals surface area contributed by atoms with Gasteiger partial charge >= 0.3 is 0 Å². The van der Waals surface area contributed by atoms with Gasteiger partial charge in [0, 0.05) is 22.5 Å². The van der Waals surface area contributed by atoms with Gasteiger partial charge in [-0.25, -0.2) is 0 Å². The average molecular weight is 497 g/mol.